The standard InChI is InChI=1S/C13H13F5NO2/c14-12(15,16)13(17,18)21-10-5-3-4-9(8-10)20-11-6-1-2-7-19-11/h3-5,8,11H,1-2,6-7H2. The zero-order valence-corrected chi connectivity index (χ0v) is 10.9. The molecule has 21 heavy (non-hydrogen) atoms. The van der Waals surface area contributed by atoms with Gasteiger partial charge in [0.05, 0.1) is 0 Å². The summed E-state index contributed by atoms with van der Waals surface area (Å²) in [5.41, 5.74) is 0. The molecule has 1 aliphatic rings. The van der Waals surface area contributed by atoms with Crippen LogP contribution in [-0.2, 0) is 0 Å². The first-order valence-electron chi connectivity index (χ1n) is 6.35. The zero-order chi connectivity index (χ0) is 15.5. The Morgan fingerprint density at radius 3 is 2.38 bits per heavy atom. The molecule has 0 aromatic heterocycles. The second-order valence-electron chi connectivity index (χ2n) is 4.57. The van der Waals surface area contributed by atoms with Crippen molar-refractivity contribution in [2.45, 2.75) is 37.8 Å². The van der Waals surface area contributed by atoms with E-state index < -0.39 is 24.3 Å². The van der Waals surface area contributed by atoms with Crippen molar-refractivity contribution in [3.05, 3.63) is 24.3 Å². The van der Waals surface area contributed by atoms with Crippen LogP contribution >= 0.6 is 0 Å². The lowest BCUT2D eigenvalue weighted by molar-refractivity contribution is -0.360. The van der Waals surface area contributed by atoms with Gasteiger partial charge in [-0.05, 0) is 31.4 Å². The van der Waals surface area contributed by atoms with Gasteiger partial charge in [-0.3, -0.25) is 0 Å². The lowest BCUT2D eigenvalue weighted by Crippen LogP contribution is -2.41. The second kappa shape index (κ2) is 6.05. The SMILES string of the molecule is FC(F)(F)C(F)(F)Oc1cccc(OC2CCCC[N]2)c1. The van der Waals surface area contributed by atoms with E-state index in [-0.39, 0.29) is 5.75 Å². The van der Waals surface area contributed by atoms with Crippen LogP contribution in [0.15, 0.2) is 24.3 Å². The van der Waals surface area contributed by atoms with E-state index in [2.05, 4.69) is 10.1 Å². The molecule has 1 saturated heterocycles. The largest absolute Gasteiger partial charge is 0.499 e. The third-order valence-electron chi connectivity index (χ3n) is 2.85. The first-order valence-corrected chi connectivity index (χ1v) is 6.35. The highest BCUT2D eigenvalue weighted by Crippen LogP contribution is 2.38. The van der Waals surface area contributed by atoms with Crippen molar-refractivity contribution in [2.75, 3.05) is 6.54 Å². The quantitative estimate of drug-likeness (QED) is 0.794. The summed E-state index contributed by atoms with van der Waals surface area (Å²) in [4.78, 5) is 0. The third kappa shape index (κ3) is 4.20. The molecule has 2 rings (SSSR count). The molecule has 117 valence electrons. The maximum absolute atomic E-state index is 12.8. The van der Waals surface area contributed by atoms with Gasteiger partial charge >= 0.3 is 12.3 Å². The van der Waals surface area contributed by atoms with E-state index in [9.17, 15) is 22.0 Å². The molecular weight excluding hydrogens is 297 g/mol. The van der Waals surface area contributed by atoms with Crippen LogP contribution in [-0.4, -0.2) is 25.1 Å². The van der Waals surface area contributed by atoms with Crippen LogP contribution in [0.25, 0.3) is 0 Å². The maximum atomic E-state index is 12.8. The summed E-state index contributed by atoms with van der Waals surface area (Å²) in [5.74, 6) is -0.480. The van der Waals surface area contributed by atoms with Crippen molar-refractivity contribution in [1.29, 1.82) is 0 Å². The van der Waals surface area contributed by atoms with E-state index in [1.165, 1.54) is 12.1 Å². The van der Waals surface area contributed by atoms with E-state index in [1.54, 1.807) is 0 Å². The number of benzene rings is 1. The van der Waals surface area contributed by atoms with Gasteiger partial charge in [0.2, 0.25) is 0 Å². The predicted molar refractivity (Wildman–Crippen MR) is 63.3 cm³/mol. The maximum Gasteiger partial charge on any atom is 0.499 e. The zero-order valence-electron chi connectivity index (χ0n) is 10.9. The number of hydrogen-bond acceptors (Lipinski definition) is 2. The molecule has 0 spiro atoms. The highest BCUT2D eigenvalue weighted by molar-refractivity contribution is 5.33. The predicted octanol–water partition coefficient (Wildman–Crippen LogP) is 3.71. The highest BCUT2D eigenvalue weighted by Gasteiger charge is 2.61. The summed E-state index contributed by atoms with van der Waals surface area (Å²) in [5, 5.41) is 4.18. The smallest absolute Gasteiger partial charge is 0.474 e. The van der Waals surface area contributed by atoms with E-state index in [4.69, 9.17) is 4.74 Å². The number of piperidine rings is 1. The van der Waals surface area contributed by atoms with Crippen molar-refractivity contribution in [2.24, 2.45) is 0 Å². The number of rotatable bonds is 4. The molecule has 1 fully saturated rings. The number of ether oxygens (including phenoxy) is 2. The van der Waals surface area contributed by atoms with Crippen molar-refractivity contribution in [3.63, 3.8) is 0 Å². The van der Waals surface area contributed by atoms with Gasteiger partial charge < -0.3 is 9.47 Å². The van der Waals surface area contributed by atoms with Crippen molar-refractivity contribution in [3.8, 4) is 11.5 Å². The lowest BCUT2D eigenvalue weighted by Gasteiger charge is -2.23. The number of alkyl halides is 5. The summed E-state index contributed by atoms with van der Waals surface area (Å²) in [6, 6.07) is 4.72. The van der Waals surface area contributed by atoms with Gasteiger partial charge in [-0.2, -0.15) is 22.0 Å². The van der Waals surface area contributed by atoms with Gasteiger partial charge in [0.1, 0.15) is 11.5 Å². The summed E-state index contributed by atoms with van der Waals surface area (Å²) >= 11 is 0. The first-order chi connectivity index (χ1) is 9.78. The number of halogens is 5. The van der Waals surface area contributed by atoms with Gasteiger partial charge in [0.15, 0.2) is 6.23 Å². The first kappa shape index (κ1) is 15.8. The van der Waals surface area contributed by atoms with Crippen LogP contribution in [0.1, 0.15) is 19.3 Å². The molecule has 0 saturated carbocycles. The molecule has 1 atom stereocenters. The van der Waals surface area contributed by atoms with Gasteiger partial charge in [0, 0.05) is 12.6 Å². The topological polar surface area (TPSA) is 32.6 Å². The Balaban J connectivity index is 2.03. The molecule has 1 aromatic rings. The molecule has 1 aromatic carbocycles. The molecule has 0 N–H and O–H groups in total. The fraction of sp³-hybridized carbons (Fsp3) is 0.538. The van der Waals surface area contributed by atoms with Crippen LogP contribution in [0.5, 0.6) is 11.5 Å². The average Bonchev–Trinajstić information content (AvgIpc) is 2.38. The fourth-order valence-electron chi connectivity index (χ4n) is 1.83. The molecule has 1 heterocycles. The normalized spacial score (nSPS) is 20.1. The Kier molecular flexibility index (Phi) is 4.55. The van der Waals surface area contributed by atoms with E-state index in [1.807, 2.05) is 0 Å². The van der Waals surface area contributed by atoms with Gasteiger partial charge in [-0.1, -0.05) is 6.07 Å². The monoisotopic (exact) mass is 310 g/mol. The molecule has 0 amide bonds. The summed E-state index contributed by atoms with van der Waals surface area (Å²) in [6.07, 6.45) is -8.86. The highest BCUT2D eigenvalue weighted by atomic mass is 19.4. The molecule has 3 nitrogen and oxygen atoms in total. The summed E-state index contributed by atoms with van der Waals surface area (Å²) < 4.78 is 71.0. The summed E-state index contributed by atoms with van der Waals surface area (Å²) in [6.45, 7) is 0.646. The number of nitrogens with zero attached hydrogens (tertiary/aromatic N) is 1. The Hall–Kier alpha value is -1.57. The van der Waals surface area contributed by atoms with Crippen LogP contribution < -0.4 is 14.8 Å². The average molecular weight is 310 g/mol. The Bertz CT molecular complexity index is 472. The van der Waals surface area contributed by atoms with Crippen molar-refractivity contribution < 1.29 is 31.4 Å². The van der Waals surface area contributed by atoms with E-state index >= 15 is 0 Å². The van der Waals surface area contributed by atoms with Gasteiger partial charge in [-0.15, -0.1) is 0 Å². The molecule has 1 aliphatic heterocycles. The lowest BCUT2D eigenvalue weighted by atomic mass is 10.1. The molecular formula is C13H13F5NO2. The minimum absolute atomic E-state index is 0.140. The van der Waals surface area contributed by atoms with Crippen LogP contribution in [0.3, 0.4) is 0 Å². The van der Waals surface area contributed by atoms with E-state index in [0.29, 0.717) is 13.0 Å². The number of hydrogen-bond donors (Lipinski definition) is 0. The fourth-order valence-corrected chi connectivity index (χ4v) is 1.83. The molecule has 1 unspecified atom stereocenters. The Labute approximate surface area is 118 Å². The molecule has 0 aliphatic carbocycles. The van der Waals surface area contributed by atoms with Gasteiger partial charge in [0.25, 0.3) is 0 Å². The van der Waals surface area contributed by atoms with Crippen LogP contribution in [0.2, 0.25) is 0 Å². The summed E-state index contributed by atoms with van der Waals surface area (Å²) in [7, 11) is 0. The second-order valence-corrected chi connectivity index (χ2v) is 4.57. The van der Waals surface area contributed by atoms with Crippen molar-refractivity contribution in [1.82, 2.24) is 5.32 Å². The minimum Gasteiger partial charge on any atom is -0.474 e. The molecule has 1 radical (unpaired) electrons. The third-order valence-corrected chi connectivity index (χ3v) is 2.85. The Morgan fingerprint density at radius 2 is 1.76 bits per heavy atom. The van der Waals surface area contributed by atoms with Gasteiger partial charge in [-0.25, -0.2) is 5.32 Å². The molecule has 8 heteroatoms. The van der Waals surface area contributed by atoms with Crippen LogP contribution in [0, 0.1) is 0 Å². The van der Waals surface area contributed by atoms with Crippen LogP contribution in [0.4, 0.5) is 22.0 Å². The Morgan fingerprint density at radius 1 is 1.05 bits per heavy atom. The minimum atomic E-state index is -5.78. The van der Waals surface area contributed by atoms with E-state index in [0.717, 1.165) is 25.0 Å². The van der Waals surface area contributed by atoms with Crippen molar-refractivity contribution >= 4 is 0 Å². The molecule has 0 bridgehead atoms.